The summed E-state index contributed by atoms with van der Waals surface area (Å²) in [5, 5.41) is 44.7. The molecule has 64 heavy (non-hydrogen) atoms. The Hall–Kier alpha value is -1.42. The lowest BCUT2D eigenvalue weighted by atomic mass is 10.0. The molecule has 1 aromatic carbocycles. The monoisotopic (exact) mass is 899 g/mol. The van der Waals surface area contributed by atoms with Gasteiger partial charge >= 0.3 is 0 Å². The van der Waals surface area contributed by atoms with Gasteiger partial charge < -0.3 is 63.8 Å². The highest BCUT2D eigenvalue weighted by Gasteiger charge is 2.30. The van der Waals surface area contributed by atoms with E-state index in [9.17, 15) is 0 Å². The van der Waals surface area contributed by atoms with Gasteiger partial charge in [0.1, 0.15) is 0 Å². The molecular weight excluding hydrogens is 801 g/mol. The standard InChI is InChI=1S/C48H98N16/c1-13-49-25-29-53-21-5-37-61(41-33-57-17-1)47(62-38-6-22-54-30-26-50-14-2-18-58-34-42-62)45-9-11-46(12-10-45)48(63-39-7-23-55-31-27-51-15-3-19-59-35-43-63)64-40-8-24-56-32-28-52-16-4-20-60-36-44-64/h9-12,47-60H,1-8,13-44H2. The Kier molecular flexibility index (Phi) is 30.6. The van der Waals surface area contributed by atoms with Gasteiger partial charge in [-0.1, -0.05) is 24.3 Å². The van der Waals surface area contributed by atoms with E-state index in [1.165, 1.54) is 11.1 Å². The van der Waals surface area contributed by atoms with Gasteiger partial charge in [0.25, 0.3) is 0 Å². The molecule has 370 valence electrons. The second-order valence-electron chi connectivity index (χ2n) is 18.4. The molecule has 4 aliphatic heterocycles. The summed E-state index contributed by atoms with van der Waals surface area (Å²) in [7, 11) is 0. The summed E-state index contributed by atoms with van der Waals surface area (Å²) in [6, 6.07) is 10.1. The number of nitrogens with one attached hydrogen (secondary N) is 12. The summed E-state index contributed by atoms with van der Waals surface area (Å²) < 4.78 is 0. The van der Waals surface area contributed by atoms with Gasteiger partial charge in [0.2, 0.25) is 0 Å². The second-order valence-corrected chi connectivity index (χ2v) is 18.4. The van der Waals surface area contributed by atoms with Crippen LogP contribution in [0.1, 0.15) is 74.8 Å². The van der Waals surface area contributed by atoms with Crippen LogP contribution >= 0.6 is 0 Å². The van der Waals surface area contributed by atoms with E-state index < -0.39 is 0 Å². The highest BCUT2D eigenvalue weighted by Crippen LogP contribution is 2.30. The molecule has 12 N–H and O–H groups in total. The summed E-state index contributed by atoms with van der Waals surface area (Å²) in [6.45, 7) is 33.4. The molecule has 16 heteroatoms. The third-order valence-electron chi connectivity index (χ3n) is 13.2. The summed E-state index contributed by atoms with van der Waals surface area (Å²) in [5.74, 6) is 0. The van der Waals surface area contributed by atoms with Crippen molar-refractivity contribution in [2.24, 2.45) is 0 Å². The molecule has 0 spiro atoms. The van der Waals surface area contributed by atoms with Crippen LogP contribution in [-0.2, 0) is 0 Å². The first-order valence-corrected chi connectivity index (χ1v) is 26.4. The van der Waals surface area contributed by atoms with Crippen LogP contribution in [0.3, 0.4) is 0 Å². The van der Waals surface area contributed by atoms with Gasteiger partial charge in [0, 0.05) is 131 Å². The predicted octanol–water partition coefficient (Wildman–Crippen LogP) is -0.858. The van der Waals surface area contributed by atoms with Crippen molar-refractivity contribution in [2.75, 3.05) is 209 Å². The van der Waals surface area contributed by atoms with Crippen molar-refractivity contribution in [3.8, 4) is 0 Å². The van der Waals surface area contributed by atoms with Crippen LogP contribution in [0.2, 0.25) is 0 Å². The molecule has 16 nitrogen and oxygen atoms in total. The van der Waals surface area contributed by atoms with E-state index in [0.29, 0.717) is 0 Å². The number of benzene rings is 1. The Morgan fingerprint density at radius 2 is 0.406 bits per heavy atom. The van der Waals surface area contributed by atoms with Crippen LogP contribution in [0.15, 0.2) is 24.3 Å². The van der Waals surface area contributed by atoms with E-state index >= 15 is 0 Å². The molecule has 0 aromatic heterocycles. The van der Waals surface area contributed by atoms with E-state index in [1.54, 1.807) is 0 Å². The zero-order valence-electron chi connectivity index (χ0n) is 40.5. The van der Waals surface area contributed by atoms with Crippen molar-refractivity contribution in [1.29, 1.82) is 0 Å². The van der Waals surface area contributed by atoms with Crippen LogP contribution in [0.5, 0.6) is 0 Å². The zero-order valence-corrected chi connectivity index (χ0v) is 40.5. The molecule has 0 radical (unpaired) electrons. The van der Waals surface area contributed by atoms with Gasteiger partial charge in [0.15, 0.2) is 0 Å². The van der Waals surface area contributed by atoms with Crippen LogP contribution in [-0.4, -0.2) is 229 Å². The highest BCUT2D eigenvalue weighted by molar-refractivity contribution is 5.27. The quantitative estimate of drug-likeness (QED) is 0.171. The summed E-state index contributed by atoms with van der Waals surface area (Å²) in [5.41, 5.74) is 2.86. The minimum absolute atomic E-state index is 0.207. The van der Waals surface area contributed by atoms with E-state index in [4.69, 9.17) is 0 Å². The lowest BCUT2D eigenvalue weighted by Gasteiger charge is -2.42. The van der Waals surface area contributed by atoms with E-state index in [0.717, 1.165) is 261 Å². The number of hydrogen-bond acceptors (Lipinski definition) is 16. The Morgan fingerprint density at radius 1 is 0.219 bits per heavy atom. The number of hydrogen-bond donors (Lipinski definition) is 12. The Balaban J connectivity index is 1.46. The normalized spacial score (nSPS) is 24.8. The van der Waals surface area contributed by atoms with Crippen molar-refractivity contribution < 1.29 is 0 Å². The first kappa shape index (κ1) is 53.5. The number of nitrogens with zero attached hydrogens (tertiary/aromatic N) is 4. The molecule has 0 unspecified atom stereocenters. The number of rotatable bonds is 6. The Morgan fingerprint density at radius 3 is 0.625 bits per heavy atom. The SMILES string of the molecule is c1cc(C(N2CCCNCCNCCCNCC2)N2CCCNCCNCCCNCC2)ccc1C(N1CCCNCCNCCCNCC1)N1CCCNCCNCCCNCC1. The zero-order chi connectivity index (χ0) is 44.2. The molecule has 1 aromatic rings. The Bertz CT molecular complexity index is 1000. The van der Waals surface area contributed by atoms with E-state index in [2.05, 4.69) is 108 Å². The van der Waals surface area contributed by atoms with E-state index in [-0.39, 0.29) is 12.3 Å². The molecule has 0 aliphatic carbocycles. The van der Waals surface area contributed by atoms with Crippen LogP contribution in [0.4, 0.5) is 0 Å². The van der Waals surface area contributed by atoms with Crippen molar-refractivity contribution >= 4 is 0 Å². The molecule has 4 heterocycles. The van der Waals surface area contributed by atoms with Gasteiger partial charge in [-0.25, -0.2) is 0 Å². The molecule has 4 aliphatic rings. The Labute approximate surface area is 390 Å². The first-order chi connectivity index (χ1) is 31.9. The topological polar surface area (TPSA) is 157 Å². The van der Waals surface area contributed by atoms with Gasteiger partial charge in [-0.2, -0.15) is 0 Å². The summed E-state index contributed by atoms with van der Waals surface area (Å²) in [4.78, 5) is 11.3. The van der Waals surface area contributed by atoms with E-state index in [1.807, 2.05) is 0 Å². The minimum atomic E-state index is 0.207. The molecule has 0 bridgehead atoms. The average Bonchev–Trinajstić information content (AvgIpc) is 3.31. The molecule has 0 saturated carbocycles. The van der Waals surface area contributed by atoms with Crippen LogP contribution in [0, 0.1) is 0 Å². The van der Waals surface area contributed by atoms with Gasteiger partial charge in [-0.05, 0) is 141 Å². The third-order valence-corrected chi connectivity index (χ3v) is 13.2. The van der Waals surface area contributed by atoms with Crippen molar-refractivity contribution in [3.05, 3.63) is 35.4 Å². The van der Waals surface area contributed by atoms with Gasteiger partial charge in [0.05, 0.1) is 12.3 Å². The molecule has 4 saturated heterocycles. The average molecular weight is 899 g/mol. The van der Waals surface area contributed by atoms with Crippen molar-refractivity contribution in [2.45, 2.75) is 63.7 Å². The lowest BCUT2D eigenvalue weighted by molar-refractivity contribution is 0.0371. The summed E-state index contributed by atoms with van der Waals surface area (Å²) >= 11 is 0. The van der Waals surface area contributed by atoms with Crippen molar-refractivity contribution in [3.63, 3.8) is 0 Å². The fourth-order valence-corrected chi connectivity index (χ4v) is 9.65. The fraction of sp³-hybridized carbons (Fsp3) is 0.875. The molecule has 0 atom stereocenters. The lowest BCUT2D eigenvalue weighted by Crippen LogP contribution is -2.48. The maximum Gasteiger partial charge on any atom is 0.0887 e. The van der Waals surface area contributed by atoms with Crippen molar-refractivity contribution in [1.82, 2.24) is 83.4 Å². The first-order valence-electron chi connectivity index (χ1n) is 26.4. The smallest absolute Gasteiger partial charge is 0.0887 e. The fourth-order valence-electron chi connectivity index (χ4n) is 9.65. The molecular formula is C48H98N16. The van der Waals surface area contributed by atoms with Gasteiger partial charge in [-0.15, -0.1) is 0 Å². The minimum Gasteiger partial charge on any atom is -0.315 e. The predicted molar refractivity (Wildman–Crippen MR) is 270 cm³/mol. The highest BCUT2D eigenvalue weighted by atomic mass is 15.4. The van der Waals surface area contributed by atoms with Crippen LogP contribution in [0.25, 0.3) is 0 Å². The largest absolute Gasteiger partial charge is 0.315 e. The molecule has 0 amide bonds. The van der Waals surface area contributed by atoms with Gasteiger partial charge in [-0.3, -0.25) is 19.6 Å². The maximum atomic E-state index is 3.83. The second kappa shape index (κ2) is 36.6. The third kappa shape index (κ3) is 23.1. The van der Waals surface area contributed by atoms with Crippen LogP contribution < -0.4 is 63.8 Å². The maximum absolute atomic E-state index is 3.83. The molecule has 4 fully saturated rings. The molecule has 5 rings (SSSR count). The summed E-state index contributed by atoms with van der Waals surface area (Å²) in [6.07, 6.45) is 9.62.